The number of anilines is 1. The summed E-state index contributed by atoms with van der Waals surface area (Å²) in [6.07, 6.45) is 6.45. The summed E-state index contributed by atoms with van der Waals surface area (Å²) in [7, 11) is 0. The lowest BCUT2D eigenvalue weighted by atomic mass is 9.87. The molecule has 1 aliphatic heterocycles. The molecule has 7 heteroatoms. The van der Waals surface area contributed by atoms with Gasteiger partial charge in [0.1, 0.15) is 11.6 Å². The number of nitrogens with zero attached hydrogens (tertiary/aromatic N) is 3. The highest BCUT2D eigenvalue weighted by Crippen LogP contribution is 2.54. The van der Waals surface area contributed by atoms with Crippen LogP contribution in [0.3, 0.4) is 0 Å². The molecule has 3 heterocycles. The van der Waals surface area contributed by atoms with E-state index in [1.807, 2.05) is 24.5 Å². The summed E-state index contributed by atoms with van der Waals surface area (Å²) in [6, 6.07) is 0. The van der Waals surface area contributed by atoms with E-state index in [0.717, 1.165) is 44.0 Å². The largest absolute Gasteiger partial charge is 1.00 e. The van der Waals surface area contributed by atoms with E-state index in [9.17, 15) is 0 Å². The summed E-state index contributed by atoms with van der Waals surface area (Å²) in [4.78, 5) is 10.2. The van der Waals surface area contributed by atoms with Gasteiger partial charge in [-0.15, -0.1) is 0 Å². The fraction of sp³-hybridized carbons (Fsp3) is 0.632. The molecule has 1 saturated carbocycles. The summed E-state index contributed by atoms with van der Waals surface area (Å²) in [5, 5.41) is 1.40. The van der Waals surface area contributed by atoms with Crippen molar-refractivity contribution < 1.29 is 21.7 Å². The molecule has 2 aliphatic rings. The number of fused-ring (bicyclic) bond motifs is 2. The first-order valence-corrected chi connectivity index (χ1v) is 10.0. The molecule has 0 atom stereocenters. The molecule has 2 aromatic heterocycles. The van der Waals surface area contributed by atoms with Crippen LogP contribution in [0, 0.1) is 12.8 Å². The van der Waals surface area contributed by atoms with E-state index in [1.54, 1.807) is 0 Å². The molecule has 2 N–H and O–H groups in total. The third kappa shape index (κ3) is 3.35. The van der Waals surface area contributed by atoms with Gasteiger partial charge in [0.15, 0.2) is 6.54 Å². The van der Waals surface area contributed by atoms with Crippen LogP contribution < -0.4 is 22.7 Å². The van der Waals surface area contributed by atoms with Gasteiger partial charge in [0.2, 0.25) is 10.7 Å². The minimum atomic E-state index is 0. The van der Waals surface area contributed by atoms with Crippen molar-refractivity contribution in [1.29, 1.82) is 0 Å². The lowest BCUT2D eigenvalue weighted by Crippen LogP contribution is -3.00. The second kappa shape index (κ2) is 7.41. The Bertz CT molecular complexity index is 801. The highest BCUT2D eigenvalue weighted by atomic mass is 35.5. The number of ether oxygens (including phenoxy) is 1. The zero-order chi connectivity index (χ0) is 17.6. The third-order valence-corrected chi connectivity index (χ3v) is 7.03. The summed E-state index contributed by atoms with van der Waals surface area (Å²) in [6.45, 7) is 8.99. The molecule has 4 rings (SSSR count). The quantitative estimate of drug-likeness (QED) is 0.715. The molecule has 1 fully saturated rings. The average Bonchev–Trinajstić information content (AvgIpc) is 3.25. The Balaban J connectivity index is 0.00000196. The third-order valence-electron chi connectivity index (χ3n) is 5.72. The smallest absolute Gasteiger partial charge is 0.240 e. The van der Waals surface area contributed by atoms with Gasteiger partial charge < -0.3 is 22.9 Å². The molecule has 5 nitrogen and oxygen atoms in total. The van der Waals surface area contributed by atoms with E-state index in [-0.39, 0.29) is 12.4 Å². The van der Waals surface area contributed by atoms with Gasteiger partial charge in [-0.05, 0) is 25.7 Å². The van der Waals surface area contributed by atoms with Crippen molar-refractivity contribution in [2.24, 2.45) is 5.92 Å². The van der Waals surface area contributed by atoms with Crippen molar-refractivity contribution in [2.75, 3.05) is 18.9 Å². The van der Waals surface area contributed by atoms with Gasteiger partial charge in [-0.25, -0.2) is 9.97 Å². The number of nitrogens with two attached hydrogens (primary N) is 1. The van der Waals surface area contributed by atoms with Crippen molar-refractivity contribution in [1.82, 2.24) is 9.97 Å². The molecule has 0 radical (unpaired) electrons. The van der Waals surface area contributed by atoms with Crippen LogP contribution in [-0.4, -0.2) is 23.2 Å². The molecular formula is C19H27ClN4OS. The average molecular weight is 395 g/mol. The van der Waals surface area contributed by atoms with Crippen LogP contribution in [0.5, 0.6) is 0 Å². The zero-order valence-electron chi connectivity index (χ0n) is 15.7. The molecule has 26 heavy (non-hydrogen) atoms. The highest BCUT2D eigenvalue weighted by Gasteiger charge is 2.55. The van der Waals surface area contributed by atoms with Crippen LogP contribution in [0.15, 0.2) is 6.20 Å². The lowest BCUT2D eigenvalue weighted by molar-refractivity contribution is -0.700. The predicted molar refractivity (Wildman–Crippen MR) is 98.8 cm³/mol. The maximum atomic E-state index is 6.19. The Morgan fingerprint density at radius 2 is 2.04 bits per heavy atom. The molecule has 2 bridgehead atoms. The normalized spacial score (nSPS) is 18.2. The molecule has 0 spiro atoms. The number of aromatic nitrogens is 3. The van der Waals surface area contributed by atoms with Gasteiger partial charge in [0.05, 0.1) is 35.5 Å². The molecule has 0 saturated heterocycles. The van der Waals surface area contributed by atoms with Crippen LogP contribution in [0.4, 0.5) is 5.82 Å². The van der Waals surface area contributed by atoms with Gasteiger partial charge >= 0.3 is 0 Å². The molecule has 1 aliphatic carbocycles. The number of hydrogen-bond acceptors (Lipinski definition) is 5. The lowest BCUT2D eigenvalue weighted by Gasteiger charge is -2.18. The number of thiazole rings is 1. The Kier molecular flexibility index (Phi) is 5.56. The zero-order valence-corrected chi connectivity index (χ0v) is 17.3. The summed E-state index contributed by atoms with van der Waals surface area (Å²) < 4.78 is 8.31. The van der Waals surface area contributed by atoms with Gasteiger partial charge in [-0.1, -0.05) is 25.2 Å². The monoisotopic (exact) mass is 394 g/mol. The van der Waals surface area contributed by atoms with E-state index in [2.05, 4.69) is 28.4 Å². The van der Waals surface area contributed by atoms with Crippen molar-refractivity contribution in [3.05, 3.63) is 33.2 Å². The van der Waals surface area contributed by atoms with Crippen LogP contribution in [0.2, 0.25) is 0 Å². The van der Waals surface area contributed by atoms with E-state index in [1.165, 1.54) is 28.4 Å². The van der Waals surface area contributed by atoms with Crippen LogP contribution in [0.1, 0.15) is 53.7 Å². The standard InChI is InChI=1S/C19H27N4OS.ClH/c1-12(2)19(6-7-19)17-15-4-8-24-9-5-16(25-15)23(17)11-14-10-21-13(3)22-18(14)20;/h10,12H,4-9,11H2,1-3H3,(H2,20,21,22);1H/q+1;/p-1. The molecule has 0 aromatic carbocycles. The first-order valence-electron chi connectivity index (χ1n) is 9.22. The Hall–Kier alpha value is -1.24. The van der Waals surface area contributed by atoms with Gasteiger partial charge in [0, 0.05) is 12.6 Å². The van der Waals surface area contributed by atoms with Crippen molar-refractivity contribution >= 4 is 17.2 Å². The van der Waals surface area contributed by atoms with E-state index in [4.69, 9.17) is 10.5 Å². The molecule has 0 amide bonds. The van der Waals surface area contributed by atoms with E-state index >= 15 is 0 Å². The fourth-order valence-corrected chi connectivity index (χ4v) is 5.37. The first kappa shape index (κ1) is 19.5. The Labute approximate surface area is 165 Å². The van der Waals surface area contributed by atoms with Gasteiger partial charge in [0.25, 0.3) is 0 Å². The molecular weight excluding hydrogens is 368 g/mol. The van der Waals surface area contributed by atoms with E-state index < -0.39 is 0 Å². The predicted octanol–water partition coefficient (Wildman–Crippen LogP) is -0.429. The molecule has 0 unspecified atom stereocenters. The fourth-order valence-electron chi connectivity index (χ4n) is 4.04. The van der Waals surface area contributed by atoms with Crippen molar-refractivity contribution in [3.8, 4) is 0 Å². The maximum absolute atomic E-state index is 6.19. The Morgan fingerprint density at radius 3 is 2.69 bits per heavy atom. The number of rotatable bonds is 4. The highest BCUT2D eigenvalue weighted by molar-refractivity contribution is 7.11. The van der Waals surface area contributed by atoms with Crippen molar-refractivity contribution in [2.45, 2.75) is 58.4 Å². The molecule has 2 aromatic rings. The van der Waals surface area contributed by atoms with Crippen LogP contribution in [-0.2, 0) is 29.5 Å². The summed E-state index contributed by atoms with van der Waals surface area (Å²) in [5.41, 5.74) is 9.07. The van der Waals surface area contributed by atoms with Gasteiger partial charge in [-0.2, -0.15) is 4.57 Å². The minimum Gasteiger partial charge on any atom is -1.00 e. The first-order chi connectivity index (χ1) is 12.0. The Morgan fingerprint density at radius 1 is 1.31 bits per heavy atom. The maximum Gasteiger partial charge on any atom is 0.240 e. The second-order valence-corrected chi connectivity index (χ2v) is 8.77. The summed E-state index contributed by atoms with van der Waals surface area (Å²) >= 11 is 1.98. The van der Waals surface area contributed by atoms with Crippen LogP contribution >= 0.6 is 11.3 Å². The second-order valence-electron chi connectivity index (χ2n) is 7.60. The summed E-state index contributed by atoms with van der Waals surface area (Å²) in [5.74, 6) is 1.98. The van der Waals surface area contributed by atoms with Gasteiger partial charge in [-0.3, -0.25) is 0 Å². The minimum absolute atomic E-state index is 0. The van der Waals surface area contributed by atoms with Crippen LogP contribution in [0.25, 0.3) is 0 Å². The number of halogens is 1. The number of aryl methyl sites for hydroxylation is 1. The van der Waals surface area contributed by atoms with Crippen molar-refractivity contribution in [3.63, 3.8) is 0 Å². The SMILES string of the molecule is Cc1ncc(C[n+]2c3sc(c2C2(C(C)C)CC2)CCOCC3)c(N)n1.[Cl-]. The molecule has 142 valence electrons. The number of nitrogen functional groups attached to an aromatic ring is 1. The van der Waals surface area contributed by atoms with E-state index in [0.29, 0.717) is 17.2 Å². The topological polar surface area (TPSA) is 64.9 Å². The number of hydrogen-bond donors (Lipinski definition) is 1.